The van der Waals surface area contributed by atoms with Crippen LogP contribution in [0.1, 0.15) is 22.5 Å². The van der Waals surface area contributed by atoms with Crippen molar-refractivity contribution >= 4 is 5.97 Å². The SMILES string of the molecule is COc1cc(OC)c(C(F)F)cc1-c1cc(C(=O)O)on1. The van der Waals surface area contributed by atoms with Crippen LogP contribution in [0.5, 0.6) is 11.5 Å². The van der Waals surface area contributed by atoms with Gasteiger partial charge in [-0.2, -0.15) is 0 Å². The van der Waals surface area contributed by atoms with Gasteiger partial charge in [-0.25, -0.2) is 13.6 Å². The Kier molecular flexibility index (Phi) is 4.06. The number of hydrogen-bond donors (Lipinski definition) is 1. The molecule has 8 heteroatoms. The predicted octanol–water partition coefficient (Wildman–Crippen LogP) is 2.99. The maximum atomic E-state index is 13.0. The van der Waals surface area contributed by atoms with Gasteiger partial charge in [0.1, 0.15) is 17.2 Å². The fraction of sp³-hybridized carbons (Fsp3) is 0.231. The molecule has 0 aliphatic heterocycles. The van der Waals surface area contributed by atoms with Crippen molar-refractivity contribution in [1.82, 2.24) is 5.16 Å². The van der Waals surface area contributed by atoms with Gasteiger partial charge in [-0.05, 0) is 6.07 Å². The van der Waals surface area contributed by atoms with Crippen molar-refractivity contribution in [1.29, 1.82) is 0 Å². The first kappa shape index (κ1) is 14.8. The van der Waals surface area contributed by atoms with Crippen LogP contribution in [-0.4, -0.2) is 30.5 Å². The molecule has 112 valence electrons. The maximum Gasteiger partial charge on any atom is 0.374 e. The molecule has 0 bridgehead atoms. The van der Waals surface area contributed by atoms with E-state index in [1.165, 1.54) is 20.3 Å². The molecule has 0 unspecified atom stereocenters. The minimum absolute atomic E-state index is 0.0347. The average molecular weight is 299 g/mol. The fourth-order valence-corrected chi connectivity index (χ4v) is 1.80. The summed E-state index contributed by atoms with van der Waals surface area (Å²) in [6.07, 6.45) is -2.77. The Morgan fingerprint density at radius 2 is 1.90 bits per heavy atom. The molecule has 0 atom stereocenters. The van der Waals surface area contributed by atoms with Gasteiger partial charge in [-0.1, -0.05) is 5.16 Å². The monoisotopic (exact) mass is 299 g/mol. The lowest BCUT2D eigenvalue weighted by Crippen LogP contribution is -1.97. The number of ether oxygens (including phenoxy) is 2. The van der Waals surface area contributed by atoms with E-state index >= 15 is 0 Å². The van der Waals surface area contributed by atoms with E-state index in [4.69, 9.17) is 14.6 Å². The molecule has 2 aromatic rings. The standard InChI is InChI=1S/C13H11F2NO5/c1-19-9-5-10(20-2)7(12(14)15)3-6(9)8-4-11(13(17)18)21-16-8/h3-5,12H,1-2H3,(H,17,18). The van der Waals surface area contributed by atoms with Crippen molar-refractivity contribution in [2.45, 2.75) is 6.43 Å². The highest BCUT2D eigenvalue weighted by Gasteiger charge is 2.21. The van der Waals surface area contributed by atoms with Crippen molar-refractivity contribution < 1.29 is 32.7 Å². The Morgan fingerprint density at radius 3 is 2.38 bits per heavy atom. The Labute approximate surface area is 117 Å². The van der Waals surface area contributed by atoms with Crippen molar-refractivity contribution in [3.05, 3.63) is 29.5 Å². The number of alkyl halides is 2. The van der Waals surface area contributed by atoms with Crippen LogP contribution in [0.4, 0.5) is 8.78 Å². The number of hydrogen-bond acceptors (Lipinski definition) is 5. The Hall–Kier alpha value is -2.64. The molecule has 0 saturated heterocycles. The number of methoxy groups -OCH3 is 2. The van der Waals surface area contributed by atoms with E-state index in [0.717, 1.165) is 12.1 Å². The highest BCUT2D eigenvalue weighted by atomic mass is 19.3. The maximum absolute atomic E-state index is 13.0. The molecule has 0 aliphatic rings. The summed E-state index contributed by atoms with van der Waals surface area (Å²) < 4.78 is 40.6. The molecule has 0 amide bonds. The third-order valence-corrected chi connectivity index (χ3v) is 2.78. The van der Waals surface area contributed by atoms with Crippen LogP contribution in [0.25, 0.3) is 11.3 Å². The van der Waals surface area contributed by atoms with E-state index < -0.39 is 18.2 Å². The van der Waals surface area contributed by atoms with Gasteiger partial charge < -0.3 is 19.1 Å². The van der Waals surface area contributed by atoms with Gasteiger partial charge in [0.25, 0.3) is 6.43 Å². The van der Waals surface area contributed by atoms with Gasteiger partial charge in [0, 0.05) is 17.7 Å². The minimum Gasteiger partial charge on any atom is -0.496 e. The van der Waals surface area contributed by atoms with Crippen LogP contribution in [0, 0.1) is 0 Å². The number of nitrogens with zero attached hydrogens (tertiary/aromatic N) is 1. The highest BCUT2D eigenvalue weighted by molar-refractivity contribution is 5.86. The third kappa shape index (κ3) is 2.78. The fourth-order valence-electron chi connectivity index (χ4n) is 1.80. The molecule has 21 heavy (non-hydrogen) atoms. The van der Waals surface area contributed by atoms with E-state index in [1.807, 2.05) is 0 Å². The van der Waals surface area contributed by atoms with Gasteiger partial charge in [0.05, 0.1) is 19.8 Å². The molecule has 1 aromatic heterocycles. The number of carboxylic acids is 1. The lowest BCUT2D eigenvalue weighted by Gasteiger charge is -2.13. The van der Waals surface area contributed by atoms with Crippen molar-refractivity contribution in [3.63, 3.8) is 0 Å². The summed E-state index contributed by atoms with van der Waals surface area (Å²) in [6.45, 7) is 0. The smallest absolute Gasteiger partial charge is 0.374 e. The number of rotatable bonds is 5. The molecule has 2 rings (SSSR count). The summed E-state index contributed by atoms with van der Waals surface area (Å²) in [7, 11) is 2.61. The number of aromatic carboxylic acids is 1. The molecule has 0 radical (unpaired) electrons. The lowest BCUT2D eigenvalue weighted by atomic mass is 10.1. The molecule has 0 spiro atoms. The summed E-state index contributed by atoms with van der Waals surface area (Å²) in [6, 6.07) is 3.54. The minimum atomic E-state index is -2.77. The summed E-state index contributed by atoms with van der Waals surface area (Å²) in [4.78, 5) is 10.8. The molecule has 0 fully saturated rings. The molecule has 6 nitrogen and oxygen atoms in total. The number of halogens is 2. The van der Waals surface area contributed by atoms with E-state index in [-0.39, 0.29) is 28.3 Å². The molecular weight excluding hydrogens is 288 g/mol. The molecule has 1 N–H and O–H groups in total. The number of aromatic nitrogens is 1. The Bertz CT molecular complexity index is 669. The Morgan fingerprint density at radius 1 is 1.24 bits per heavy atom. The van der Waals surface area contributed by atoms with E-state index in [1.54, 1.807) is 0 Å². The quantitative estimate of drug-likeness (QED) is 0.914. The second-order valence-electron chi connectivity index (χ2n) is 3.98. The van der Waals surface area contributed by atoms with Crippen LogP contribution in [0.3, 0.4) is 0 Å². The van der Waals surface area contributed by atoms with E-state index in [2.05, 4.69) is 9.68 Å². The topological polar surface area (TPSA) is 81.8 Å². The summed E-state index contributed by atoms with van der Waals surface area (Å²) in [5.41, 5.74) is -0.0909. The number of carbonyl (C=O) groups is 1. The molecule has 0 aliphatic carbocycles. The number of benzene rings is 1. The number of carboxylic acid groups (broad SMARTS) is 1. The molecule has 0 saturated carbocycles. The second kappa shape index (κ2) is 5.78. The van der Waals surface area contributed by atoms with Crippen LogP contribution in [-0.2, 0) is 0 Å². The van der Waals surface area contributed by atoms with Gasteiger partial charge in [0.2, 0.25) is 5.76 Å². The third-order valence-electron chi connectivity index (χ3n) is 2.78. The Balaban J connectivity index is 2.60. The zero-order chi connectivity index (χ0) is 15.6. The predicted molar refractivity (Wildman–Crippen MR) is 67.0 cm³/mol. The van der Waals surface area contributed by atoms with Crippen molar-refractivity contribution in [2.75, 3.05) is 14.2 Å². The molecule has 1 aromatic carbocycles. The van der Waals surface area contributed by atoms with Crippen LogP contribution >= 0.6 is 0 Å². The first-order chi connectivity index (χ1) is 9.97. The van der Waals surface area contributed by atoms with Crippen molar-refractivity contribution in [2.24, 2.45) is 0 Å². The molecule has 1 heterocycles. The highest BCUT2D eigenvalue weighted by Crippen LogP contribution is 2.39. The van der Waals surface area contributed by atoms with E-state index in [9.17, 15) is 13.6 Å². The lowest BCUT2D eigenvalue weighted by molar-refractivity contribution is 0.0652. The summed E-state index contributed by atoms with van der Waals surface area (Å²) in [5, 5.41) is 12.3. The van der Waals surface area contributed by atoms with Gasteiger partial charge in [-0.15, -0.1) is 0 Å². The van der Waals surface area contributed by atoms with Crippen LogP contribution in [0.15, 0.2) is 22.7 Å². The normalized spacial score (nSPS) is 10.7. The zero-order valence-corrected chi connectivity index (χ0v) is 11.1. The second-order valence-corrected chi connectivity index (χ2v) is 3.98. The van der Waals surface area contributed by atoms with Crippen LogP contribution in [0.2, 0.25) is 0 Å². The first-order valence-electron chi connectivity index (χ1n) is 5.72. The molecular formula is C13H11F2NO5. The average Bonchev–Trinajstić information content (AvgIpc) is 2.95. The van der Waals surface area contributed by atoms with Crippen molar-refractivity contribution in [3.8, 4) is 22.8 Å². The first-order valence-corrected chi connectivity index (χ1v) is 5.72. The van der Waals surface area contributed by atoms with Gasteiger partial charge in [0.15, 0.2) is 0 Å². The summed E-state index contributed by atoms with van der Waals surface area (Å²) >= 11 is 0. The van der Waals surface area contributed by atoms with E-state index in [0.29, 0.717) is 0 Å². The zero-order valence-electron chi connectivity index (χ0n) is 11.1. The largest absolute Gasteiger partial charge is 0.496 e. The van der Waals surface area contributed by atoms with Gasteiger partial charge in [-0.3, -0.25) is 0 Å². The summed E-state index contributed by atoms with van der Waals surface area (Å²) in [5.74, 6) is -1.54. The van der Waals surface area contributed by atoms with Gasteiger partial charge >= 0.3 is 5.97 Å². The van der Waals surface area contributed by atoms with Crippen LogP contribution < -0.4 is 9.47 Å².